The number of hydrogen-bond acceptors (Lipinski definition) is 4. The Balaban J connectivity index is 1.89. The minimum Gasteiger partial charge on any atom is -0.507 e. The van der Waals surface area contributed by atoms with Gasteiger partial charge in [0.2, 0.25) is 5.91 Å². The summed E-state index contributed by atoms with van der Waals surface area (Å²) in [7, 11) is 0. The lowest BCUT2D eigenvalue weighted by molar-refractivity contribution is -0.119. The molecule has 5 heteroatoms. The first-order valence-electron chi connectivity index (χ1n) is 6.28. The summed E-state index contributed by atoms with van der Waals surface area (Å²) in [5, 5.41) is 21.6. The molecule has 0 aliphatic heterocycles. The van der Waals surface area contributed by atoms with Crippen molar-refractivity contribution in [3.05, 3.63) is 24.3 Å². The molecule has 0 bridgehead atoms. The van der Waals surface area contributed by atoms with E-state index >= 15 is 0 Å². The zero-order chi connectivity index (χ0) is 13.7. The molecule has 2 N–H and O–H groups in total. The molecule has 4 nitrogen and oxygen atoms in total. The quantitative estimate of drug-likeness (QED) is 0.828. The zero-order valence-electron chi connectivity index (χ0n) is 10.6. The van der Waals surface area contributed by atoms with Gasteiger partial charge in [0.15, 0.2) is 0 Å². The second kappa shape index (κ2) is 5.98. The van der Waals surface area contributed by atoms with Crippen LogP contribution in [0.25, 0.3) is 0 Å². The Morgan fingerprint density at radius 2 is 2.11 bits per heavy atom. The number of amides is 1. The molecule has 1 saturated carbocycles. The van der Waals surface area contributed by atoms with Crippen molar-refractivity contribution < 1.29 is 9.90 Å². The van der Waals surface area contributed by atoms with E-state index in [0.717, 1.165) is 25.7 Å². The molecule has 0 heterocycles. The highest BCUT2D eigenvalue weighted by atomic mass is 32.2. The van der Waals surface area contributed by atoms with Gasteiger partial charge in [0.1, 0.15) is 11.3 Å². The smallest absolute Gasteiger partial charge is 0.231 e. The van der Waals surface area contributed by atoms with E-state index in [-0.39, 0.29) is 17.4 Å². The van der Waals surface area contributed by atoms with E-state index in [1.807, 2.05) is 6.07 Å². The van der Waals surface area contributed by atoms with Crippen LogP contribution in [-0.4, -0.2) is 22.3 Å². The number of hydrogen-bond donors (Lipinski definition) is 2. The van der Waals surface area contributed by atoms with Crippen LogP contribution in [0.5, 0.6) is 5.75 Å². The lowest BCUT2D eigenvalue weighted by atomic mass is 10.0. The van der Waals surface area contributed by atoms with Gasteiger partial charge in [-0.25, -0.2) is 0 Å². The van der Waals surface area contributed by atoms with Crippen LogP contribution in [0.3, 0.4) is 0 Å². The summed E-state index contributed by atoms with van der Waals surface area (Å²) in [5.74, 6) is 0.231. The number of para-hydroxylation sites is 1. The average molecular weight is 276 g/mol. The molecule has 0 unspecified atom stereocenters. The van der Waals surface area contributed by atoms with Crippen LogP contribution in [0, 0.1) is 11.3 Å². The molecular formula is C14H16N2O2S. The Kier molecular flexibility index (Phi) is 4.33. The highest BCUT2D eigenvalue weighted by Crippen LogP contribution is 2.30. The molecule has 1 fully saturated rings. The molecule has 19 heavy (non-hydrogen) atoms. The van der Waals surface area contributed by atoms with Crippen LogP contribution >= 0.6 is 11.8 Å². The van der Waals surface area contributed by atoms with Crippen LogP contribution in [-0.2, 0) is 4.79 Å². The number of phenols is 1. The molecule has 0 spiro atoms. The second-order valence-corrected chi connectivity index (χ2v) is 5.72. The van der Waals surface area contributed by atoms with Gasteiger partial charge in [0.25, 0.3) is 0 Å². The van der Waals surface area contributed by atoms with Crippen LogP contribution in [0.15, 0.2) is 29.2 Å². The molecule has 0 radical (unpaired) electrons. The Bertz CT molecular complexity index is 504. The monoisotopic (exact) mass is 276 g/mol. The second-order valence-electron chi connectivity index (χ2n) is 4.71. The summed E-state index contributed by atoms with van der Waals surface area (Å²) in [6.45, 7) is 0. The molecule has 1 aromatic rings. The third-order valence-electron chi connectivity index (χ3n) is 3.27. The maximum absolute atomic E-state index is 11.9. The number of nitriles is 1. The minimum atomic E-state index is -0.670. The molecule has 1 aromatic carbocycles. The van der Waals surface area contributed by atoms with Crippen LogP contribution in [0.1, 0.15) is 25.7 Å². The number of rotatable bonds is 4. The summed E-state index contributed by atoms with van der Waals surface area (Å²) in [5.41, 5.74) is -0.670. The Labute approximate surface area is 116 Å². The fourth-order valence-electron chi connectivity index (χ4n) is 2.27. The first-order valence-corrected chi connectivity index (χ1v) is 7.27. The van der Waals surface area contributed by atoms with E-state index in [1.165, 1.54) is 11.8 Å². The van der Waals surface area contributed by atoms with E-state index in [4.69, 9.17) is 0 Å². The molecule has 0 saturated heterocycles. The van der Waals surface area contributed by atoms with Gasteiger partial charge in [-0.1, -0.05) is 12.1 Å². The summed E-state index contributed by atoms with van der Waals surface area (Å²) in [6, 6.07) is 9.14. The van der Waals surface area contributed by atoms with Crippen molar-refractivity contribution in [3.8, 4) is 11.8 Å². The van der Waals surface area contributed by atoms with Crippen molar-refractivity contribution in [2.75, 3.05) is 5.75 Å². The normalized spacial score (nSPS) is 16.8. The van der Waals surface area contributed by atoms with E-state index in [1.54, 1.807) is 18.2 Å². The van der Waals surface area contributed by atoms with Gasteiger partial charge in [-0.3, -0.25) is 4.79 Å². The first-order chi connectivity index (χ1) is 9.15. The largest absolute Gasteiger partial charge is 0.507 e. The lowest BCUT2D eigenvalue weighted by Gasteiger charge is -2.21. The van der Waals surface area contributed by atoms with Gasteiger partial charge in [-0.15, -0.1) is 11.8 Å². The predicted molar refractivity (Wildman–Crippen MR) is 73.8 cm³/mol. The number of carbonyl (C=O) groups is 1. The van der Waals surface area contributed by atoms with Crippen molar-refractivity contribution in [2.24, 2.45) is 0 Å². The van der Waals surface area contributed by atoms with E-state index < -0.39 is 5.54 Å². The van der Waals surface area contributed by atoms with Gasteiger partial charge in [-0.2, -0.15) is 5.26 Å². The highest BCUT2D eigenvalue weighted by molar-refractivity contribution is 8.00. The molecule has 1 aliphatic rings. The lowest BCUT2D eigenvalue weighted by Crippen LogP contribution is -2.45. The van der Waals surface area contributed by atoms with E-state index in [2.05, 4.69) is 11.4 Å². The average Bonchev–Trinajstić information content (AvgIpc) is 2.87. The van der Waals surface area contributed by atoms with Crippen LogP contribution < -0.4 is 5.32 Å². The third kappa shape index (κ3) is 3.42. The fourth-order valence-corrected chi connectivity index (χ4v) is 3.02. The molecule has 2 rings (SSSR count). The van der Waals surface area contributed by atoms with Gasteiger partial charge in [0.05, 0.1) is 11.8 Å². The minimum absolute atomic E-state index is 0.156. The van der Waals surface area contributed by atoms with Crippen molar-refractivity contribution in [1.82, 2.24) is 5.32 Å². The summed E-state index contributed by atoms with van der Waals surface area (Å²) in [4.78, 5) is 12.6. The molecule has 0 aromatic heterocycles. The molecule has 0 atom stereocenters. The van der Waals surface area contributed by atoms with E-state index in [0.29, 0.717) is 4.90 Å². The van der Waals surface area contributed by atoms with Crippen molar-refractivity contribution >= 4 is 17.7 Å². The Morgan fingerprint density at radius 1 is 1.42 bits per heavy atom. The number of nitrogens with zero attached hydrogens (tertiary/aromatic N) is 1. The Hall–Kier alpha value is -1.67. The fraction of sp³-hybridized carbons (Fsp3) is 0.429. The van der Waals surface area contributed by atoms with Crippen molar-refractivity contribution in [1.29, 1.82) is 5.26 Å². The topological polar surface area (TPSA) is 73.1 Å². The maximum atomic E-state index is 11.9. The maximum Gasteiger partial charge on any atom is 0.231 e. The molecule has 100 valence electrons. The number of carbonyl (C=O) groups excluding carboxylic acids is 1. The first kappa shape index (κ1) is 13.8. The summed E-state index contributed by atoms with van der Waals surface area (Å²) >= 11 is 1.28. The SMILES string of the molecule is N#CC1(NC(=O)CSc2ccccc2O)CCCC1. The standard InChI is InChI=1S/C14H16N2O2S/c15-10-14(7-3-4-8-14)16-13(18)9-19-12-6-2-1-5-11(12)17/h1-2,5-6,17H,3-4,7-9H2,(H,16,18). The van der Waals surface area contributed by atoms with Crippen molar-refractivity contribution in [2.45, 2.75) is 36.1 Å². The number of aromatic hydroxyl groups is 1. The van der Waals surface area contributed by atoms with Gasteiger partial charge in [0, 0.05) is 4.90 Å². The van der Waals surface area contributed by atoms with Crippen molar-refractivity contribution in [3.63, 3.8) is 0 Å². The number of benzene rings is 1. The summed E-state index contributed by atoms with van der Waals surface area (Å²) in [6.07, 6.45) is 3.44. The summed E-state index contributed by atoms with van der Waals surface area (Å²) < 4.78 is 0. The Morgan fingerprint density at radius 3 is 2.74 bits per heavy atom. The predicted octanol–water partition coefficient (Wildman–Crippen LogP) is 2.44. The van der Waals surface area contributed by atoms with Gasteiger partial charge in [-0.05, 0) is 37.8 Å². The molecule has 1 amide bonds. The number of phenolic OH excluding ortho intramolecular Hbond substituents is 1. The molecular weight excluding hydrogens is 260 g/mol. The van der Waals surface area contributed by atoms with Crippen LogP contribution in [0.4, 0.5) is 0 Å². The van der Waals surface area contributed by atoms with Crippen LogP contribution in [0.2, 0.25) is 0 Å². The number of nitrogens with one attached hydrogen (secondary N) is 1. The zero-order valence-corrected chi connectivity index (χ0v) is 11.4. The van der Waals surface area contributed by atoms with Gasteiger partial charge < -0.3 is 10.4 Å². The molecule has 1 aliphatic carbocycles. The third-order valence-corrected chi connectivity index (χ3v) is 4.34. The highest BCUT2D eigenvalue weighted by Gasteiger charge is 2.35. The number of thioether (sulfide) groups is 1. The van der Waals surface area contributed by atoms with Gasteiger partial charge >= 0.3 is 0 Å². The van der Waals surface area contributed by atoms with E-state index in [9.17, 15) is 15.2 Å².